The van der Waals surface area contributed by atoms with Crippen LogP contribution in [0.2, 0.25) is 0 Å². The van der Waals surface area contributed by atoms with E-state index in [1.54, 1.807) is 12.1 Å². The number of thiocarbonyl (C=S) groups is 1. The fourth-order valence-corrected chi connectivity index (χ4v) is 2.91. The molecule has 2 aliphatic heterocycles. The maximum absolute atomic E-state index is 13.1. The lowest BCUT2D eigenvalue weighted by Gasteiger charge is -2.38. The van der Waals surface area contributed by atoms with Crippen molar-refractivity contribution in [2.24, 2.45) is 0 Å². The van der Waals surface area contributed by atoms with Crippen molar-refractivity contribution in [1.82, 2.24) is 4.90 Å². The van der Waals surface area contributed by atoms with Crippen LogP contribution < -0.4 is 5.32 Å². The summed E-state index contributed by atoms with van der Waals surface area (Å²) in [6.07, 6.45) is 1.61. The summed E-state index contributed by atoms with van der Waals surface area (Å²) in [6.45, 7) is 2.90. The van der Waals surface area contributed by atoms with Gasteiger partial charge in [0.25, 0.3) is 0 Å². The van der Waals surface area contributed by atoms with Crippen molar-refractivity contribution >= 4 is 23.0 Å². The number of nitrogens with zero attached hydrogens (tertiary/aromatic N) is 1. The highest BCUT2D eigenvalue weighted by Gasteiger charge is 2.40. The van der Waals surface area contributed by atoms with Crippen LogP contribution in [0.3, 0.4) is 0 Å². The molecule has 0 aliphatic carbocycles. The predicted octanol–water partition coefficient (Wildman–Crippen LogP) is 2.36. The molecule has 6 heteroatoms. The van der Waals surface area contributed by atoms with Crippen LogP contribution in [-0.2, 0) is 9.47 Å². The maximum Gasteiger partial charge on any atom is 0.173 e. The number of halogens is 1. The third kappa shape index (κ3) is 2.92. The molecule has 1 spiro atoms. The van der Waals surface area contributed by atoms with E-state index < -0.39 is 5.79 Å². The van der Waals surface area contributed by atoms with Crippen LogP contribution in [0, 0.1) is 5.82 Å². The van der Waals surface area contributed by atoms with Crippen molar-refractivity contribution in [3.8, 4) is 0 Å². The quantitative estimate of drug-likeness (QED) is 0.805. The number of nitrogens with one attached hydrogen (secondary N) is 1. The molecule has 2 aliphatic rings. The second kappa shape index (κ2) is 5.63. The van der Waals surface area contributed by atoms with Crippen LogP contribution >= 0.6 is 12.2 Å². The van der Waals surface area contributed by atoms with Gasteiger partial charge in [0.1, 0.15) is 5.82 Å². The summed E-state index contributed by atoms with van der Waals surface area (Å²) in [7, 11) is 0. The highest BCUT2D eigenvalue weighted by Crippen LogP contribution is 2.31. The lowest BCUT2D eigenvalue weighted by molar-refractivity contribution is -0.180. The Hall–Kier alpha value is -1.24. The first-order valence-corrected chi connectivity index (χ1v) is 7.17. The molecule has 1 N–H and O–H groups in total. The normalized spacial score (nSPS) is 21.1. The first kappa shape index (κ1) is 13.7. The van der Waals surface area contributed by atoms with Gasteiger partial charge >= 0.3 is 0 Å². The zero-order valence-electron chi connectivity index (χ0n) is 11.1. The number of rotatable bonds is 1. The molecule has 108 valence electrons. The van der Waals surface area contributed by atoms with Gasteiger partial charge in [-0.2, -0.15) is 0 Å². The molecule has 20 heavy (non-hydrogen) atoms. The van der Waals surface area contributed by atoms with Gasteiger partial charge in [0, 0.05) is 31.6 Å². The Morgan fingerprint density at radius 2 is 1.95 bits per heavy atom. The van der Waals surface area contributed by atoms with E-state index in [1.165, 1.54) is 12.1 Å². The van der Waals surface area contributed by atoms with Gasteiger partial charge in [-0.3, -0.25) is 0 Å². The Kier molecular flexibility index (Phi) is 3.87. The van der Waals surface area contributed by atoms with Gasteiger partial charge in [-0.15, -0.1) is 0 Å². The van der Waals surface area contributed by atoms with Crippen LogP contribution in [0.15, 0.2) is 24.3 Å². The first-order chi connectivity index (χ1) is 9.67. The molecule has 0 bridgehead atoms. The van der Waals surface area contributed by atoms with Crippen LogP contribution in [0.4, 0.5) is 10.1 Å². The molecule has 0 aromatic heterocycles. The van der Waals surface area contributed by atoms with E-state index in [1.807, 2.05) is 0 Å². The van der Waals surface area contributed by atoms with E-state index in [9.17, 15) is 4.39 Å². The van der Waals surface area contributed by atoms with Gasteiger partial charge in [-0.05, 0) is 30.4 Å². The summed E-state index contributed by atoms with van der Waals surface area (Å²) >= 11 is 5.37. The summed E-state index contributed by atoms with van der Waals surface area (Å²) < 4.78 is 24.5. The average molecular weight is 296 g/mol. The SMILES string of the molecule is Fc1cccc(NC(=S)N2CCC3(CC2)OCCO3)c1. The minimum atomic E-state index is -0.398. The van der Waals surface area contributed by atoms with Crippen molar-refractivity contribution in [1.29, 1.82) is 0 Å². The van der Waals surface area contributed by atoms with Gasteiger partial charge in [-0.25, -0.2) is 4.39 Å². The average Bonchev–Trinajstić information content (AvgIpc) is 2.88. The molecule has 2 heterocycles. The van der Waals surface area contributed by atoms with Gasteiger partial charge in [0.05, 0.1) is 13.2 Å². The van der Waals surface area contributed by atoms with Crippen molar-refractivity contribution in [3.05, 3.63) is 30.1 Å². The third-order valence-electron chi connectivity index (χ3n) is 3.70. The van der Waals surface area contributed by atoms with Crippen molar-refractivity contribution in [3.63, 3.8) is 0 Å². The lowest BCUT2D eigenvalue weighted by atomic mass is 10.0. The first-order valence-electron chi connectivity index (χ1n) is 6.76. The smallest absolute Gasteiger partial charge is 0.173 e. The summed E-state index contributed by atoms with van der Waals surface area (Å²) in [6, 6.07) is 6.30. The predicted molar refractivity (Wildman–Crippen MR) is 78.1 cm³/mol. The van der Waals surface area contributed by atoms with Gasteiger partial charge < -0.3 is 19.7 Å². The Morgan fingerprint density at radius 3 is 2.60 bits per heavy atom. The molecular weight excluding hydrogens is 279 g/mol. The van der Waals surface area contributed by atoms with E-state index in [-0.39, 0.29) is 5.82 Å². The van der Waals surface area contributed by atoms with Crippen molar-refractivity contribution in [2.75, 3.05) is 31.6 Å². The fraction of sp³-hybridized carbons (Fsp3) is 0.500. The summed E-state index contributed by atoms with van der Waals surface area (Å²) in [5.74, 6) is -0.673. The van der Waals surface area contributed by atoms with Crippen molar-refractivity contribution in [2.45, 2.75) is 18.6 Å². The minimum absolute atomic E-state index is 0.275. The largest absolute Gasteiger partial charge is 0.349 e. The molecule has 0 amide bonds. The minimum Gasteiger partial charge on any atom is -0.349 e. The zero-order chi connectivity index (χ0) is 14.0. The Balaban J connectivity index is 1.56. The number of piperidine rings is 1. The van der Waals surface area contributed by atoms with Crippen LogP contribution in [0.1, 0.15) is 12.8 Å². The second-order valence-electron chi connectivity index (χ2n) is 5.04. The number of ether oxygens (including phenoxy) is 2. The summed E-state index contributed by atoms with van der Waals surface area (Å²) in [4.78, 5) is 2.07. The molecule has 1 aromatic rings. The second-order valence-corrected chi connectivity index (χ2v) is 5.42. The van der Waals surface area contributed by atoms with Gasteiger partial charge in [-0.1, -0.05) is 6.07 Å². The number of benzene rings is 1. The molecule has 0 radical (unpaired) electrons. The number of hydrogen-bond donors (Lipinski definition) is 1. The standard InChI is InChI=1S/C14H17FN2O2S/c15-11-2-1-3-12(10-11)16-13(20)17-6-4-14(5-7-17)18-8-9-19-14/h1-3,10H,4-9H2,(H,16,20). The van der Waals surface area contributed by atoms with E-state index >= 15 is 0 Å². The van der Waals surface area contributed by atoms with Crippen LogP contribution in [0.5, 0.6) is 0 Å². The molecule has 0 saturated carbocycles. The molecule has 2 saturated heterocycles. The monoisotopic (exact) mass is 296 g/mol. The van der Waals surface area contributed by atoms with E-state index in [2.05, 4.69) is 10.2 Å². The summed E-state index contributed by atoms with van der Waals surface area (Å²) in [5.41, 5.74) is 0.670. The maximum atomic E-state index is 13.1. The van der Waals surface area contributed by atoms with E-state index in [0.717, 1.165) is 25.9 Å². The fourth-order valence-electron chi connectivity index (χ4n) is 2.60. The summed E-state index contributed by atoms with van der Waals surface area (Å²) in [5, 5.41) is 3.68. The molecular formula is C14H17FN2O2S. The number of anilines is 1. The molecule has 4 nitrogen and oxygen atoms in total. The zero-order valence-corrected chi connectivity index (χ0v) is 11.9. The lowest BCUT2D eigenvalue weighted by Crippen LogP contribution is -2.48. The van der Waals surface area contributed by atoms with Crippen LogP contribution in [0.25, 0.3) is 0 Å². The molecule has 0 atom stereocenters. The number of hydrogen-bond acceptors (Lipinski definition) is 3. The van der Waals surface area contributed by atoms with E-state index in [0.29, 0.717) is 24.0 Å². The van der Waals surface area contributed by atoms with Gasteiger partial charge in [0.15, 0.2) is 10.9 Å². The van der Waals surface area contributed by atoms with Gasteiger partial charge in [0.2, 0.25) is 0 Å². The van der Waals surface area contributed by atoms with Crippen LogP contribution in [-0.4, -0.2) is 42.1 Å². The van der Waals surface area contributed by atoms with E-state index in [4.69, 9.17) is 21.7 Å². The highest BCUT2D eigenvalue weighted by atomic mass is 32.1. The Labute approximate surface area is 122 Å². The molecule has 1 aromatic carbocycles. The molecule has 2 fully saturated rings. The van der Waals surface area contributed by atoms with Crippen molar-refractivity contribution < 1.29 is 13.9 Å². The Bertz CT molecular complexity index is 496. The molecule has 0 unspecified atom stereocenters. The third-order valence-corrected chi connectivity index (χ3v) is 4.06. The highest BCUT2D eigenvalue weighted by molar-refractivity contribution is 7.80. The number of likely N-dealkylation sites (tertiary alicyclic amines) is 1. The topological polar surface area (TPSA) is 33.7 Å². The molecule has 3 rings (SSSR count). The Morgan fingerprint density at radius 1 is 1.25 bits per heavy atom.